The maximum absolute atomic E-state index is 2.52. The number of aryl methyl sites for hydroxylation is 1. The standard InChI is InChI=1S/C17H27N2/c1-13-9-7-10-15(14(13)2)19-12-8-11-18(6)16(19)17(3,4)5/h7,9-10H,8,11-12H2,1-6H3/q+1. The Bertz CT molecular complexity index is 506. The number of rotatable bonds is 1. The Morgan fingerprint density at radius 1 is 1.16 bits per heavy atom. The van der Waals surface area contributed by atoms with Crippen LogP contribution in [0.5, 0.6) is 0 Å². The van der Waals surface area contributed by atoms with Crippen LogP contribution in [-0.4, -0.2) is 30.5 Å². The third-order valence-electron chi connectivity index (χ3n) is 4.03. The van der Waals surface area contributed by atoms with Crippen molar-refractivity contribution in [3.8, 4) is 0 Å². The Hall–Kier alpha value is -1.31. The molecule has 1 aliphatic heterocycles. The predicted octanol–water partition coefficient (Wildman–Crippen LogP) is 3.60. The molecule has 0 radical (unpaired) electrons. The lowest BCUT2D eigenvalue weighted by Crippen LogP contribution is -2.50. The van der Waals surface area contributed by atoms with E-state index in [-0.39, 0.29) is 5.41 Å². The van der Waals surface area contributed by atoms with Crippen molar-refractivity contribution in [1.29, 1.82) is 0 Å². The van der Waals surface area contributed by atoms with E-state index in [0.717, 1.165) is 13.1 Å². The lowest BCUT2D eigenvalue weighted by Gasteiger charge is -2.33. The summed E-state index contributed by atoms with van der Waals surface area (Å²) in [5, 5.41) is 0. The van der Waals surface area contributed by atoms with Crippen molar-refractivity contribution in [3.05, 3.63) is 29.3 Å². The van der Waals surface area contributed by atoms with Gasteiger partial charge in [-0.3, -0.25) is 4.58 Å². The van der Waals surface area contributed by atoms with Gasteiger partial charge >= 0.3 is 0 Å². The molecule has 1 aliphatic rings. The molecule has 0 amide bonds. The molecule has 1 aromatic rings. The van der Waals surface area contributed by atoms with Crippen molar-refractivity contribution in [3.63, 3.8) is 0 Å². The van der Waals surface area contributed by atoms with E-state index in [1.807, 2.05) is 0 Å². The largest absolute Gasteiger partial charge is 0.267 e. The van der Waals surface area contributed by atoms with E-state index in [0.29, 0.717) is 0 Å². The number of benzene rings is 1. The van der Waals surface area contributed by atoms with Crippen LogP contribution < -0.4 is 4.90 Å². The molecule has 19 heavy (non-hydrogen) atoms. The highest BCUT2D eigenvalue weighted by atomic mass is 15.3. The van der Waals surface area contributed by atoms with Crippen LogP contribution in [0, 0.1) is 19.3 Å². The first-order valence-corrected chi connectivity index (χ1v) is 7.24. The molecule has 1 aromatic carbocycles. The molecule has 0 bridgehead atoms. The maximum atomic E-state index is 2.52. The maximum Gasteiger partial charge on any atom is 0.257 e. The summed E-state index contributed by atoms with van der Waals surface area (Å²) in [6.07, 6.45) is 1.23. The fourth-order valence-electron chi connectivity index (χ4n) is 3.12. The number of amidine groups is 1. The molecule has 2 heteroatoms. The summed E-state index contributed by atoms with van der Waals surface area (Å²) in [6, 6.07) is 6.63. The monoisotopic (exact) mass is 259 g/mol. The Morgan fingerprint density at radius 2 is 1.84 bits per heavy atom. The van der Waals surface area contributed by atoms with Crippen molar-refractivity contribution < 1.29 is 4.58 Å². The first-order valence-electron chi connectivity index (χ1n) is 7.24. The zero-order valence-electron chi connectivity index (χ0n) is 13.2. The van der Waals surface area contributed by atoms with Gasteiger partial charge in [-0.05, 0) is 51.8 Å². The molecule has 0 saturated heterocycles. The van der Waals surface area contributed by atoms with E-state index in [1.165, 1.54) is 29.1 Å². The van der Waals surface area contributed by atoms with Crippen LogP contribution in [0.1, 0.15) is 38.3 Å². The fraction of sp³-hybridized carbons (Fsp3) is 0.588. The molecular weight excluding hydrogens is 232 g/mol. The van der Waals surface area contributed by atoms with Crippen molar-refractivity contribution in [1.82, 2.24) is 0 Å². The van der Waals surface area contributed by atoms with Crippen LogP contribution in [0.2, 0.25) is 0 Å². The molecule has 1 heterocycles. The number of nitrogens with zero attached hydrogens (tertiary/aromatic N) is 2. The van der Waals surface area contributed by atoms with Gasteiger partial charge in [-0.2, -0.15) is 0 Å². The highest BCUT2D eigenvalue weighted by Gasteiger charge is 2.37. The van der Waals surface area contributed by atoms with E-state index >= 15 is 0 Å². The number of hydrogen-bond donors (Lipinski definition) is 0. The summed E-state index contributed by atoms with van der Waals surface area (Å²) >= 11 is 0. The highest BCUT2D eigenvalue weighted by Crippen LogP contribution is 2.30. The molecule has 0 saturated carbocycles. The number of anilines is 1. The quantitative estimate of drug-likeness (QED) is 0.698. The van der Waals surface area contributed by atoms with E-state index in [9.17, 15) is 0 Å². The van der Waals surface area contributed by atoms with Gasteiger partial charge < -0.3 is 0 Å². The highest BCUT2D eigenvalue weighted by molar-refractivity contribution is 5.98. The second kappa shape index (κ2) is 4.99. The summed E-state index contributed by atoms with van der Waals surface area (Å²) in [7, 11) is 2.22. The average Bonchev–Trinajstić information content (AvgIpc) is 2.30. The lowest BCUT2D eigenvalue weighted by atomic mass is 9.91. The smallest absolute Gasteiger partial charge is 0.257 e. The van der Waals surface area contributed by atoms with Crippen molar-refractivity contribution >= 4 is 11.5 Å². The number of hydrogen-bond acceptors (Lipinski definition) is 1. The van der Waals surface area contributed by atoms with Gasteiger partial charge in [0.05, 0.1) is 25.6 Å². The minimum Gasteiger partial charge on any atom is -0.267 e. The van der Waals surface area contributed by atoms with Crippen molar-refractivity contribution in [2.24, 2.45) is 5.41 Å². The van der Waals surface area contributed by atoms with Crippen LogP contribution in [0.25, 0.3) is 0 Å². The van der Waals surface area contributed by atoms with Gasteiger partial charge in [0.2, 0.25) is 0 Å². The molecule has 0 aromatic heterocycles. The average molecular weight is 259 g/mol. The van der Waals surface area contributed by atoms with Gasteiger partial charge in [-0.15, -0.1) is 0 Å². The molecule has 2 nitrogen and oxygen atoms in total. The van der Waals surface area contributed by atoms with Gasteiger partial charge in [-0.25, -0.2) is 4.90 Å². The Kier molecular flexibility index (Phi) is 3.71. The SMILES string of the molecule is Cc1cccc(N2CCC[N+](C)=C2C(C)(C)C)c1C. The normalized spacial score (nSPS) is 17.1. The Morgan fingerprint density at radius 3 is 2.47 bits per heavy atom. The van der Waals surface area contributed by atoms with Gasteiger partial charge in [0, 0.05) is 6.42 Å². The zero-order valence-corrected chi connectivity index (χ0v) is 13.2. The molecule has 0 aliphatic carbocycles. The first kappa shape index (κ1) is 14.1. The summed E-state index contributed by atoms with van der Waals surface area (Å²) in [5.74, 6) is 1.44. The molecule has 104 valence electrons. The Labute approximate surface area is 117 Å². The van der Waals surface area contributed by atoms with Crippen LogP contribution in [0.15, 0.2) is 18.2 Å². The minimum atomic E-state index is 0.172. The second-order valence-corrected chi connectivity index (χ2v) is 6.72. The third-order valence-corrected chi connectivity index (χ3v) is 4.03. The fourth-order valence-corrected chi connectivity index (χ4v) is 3.12. The molecule has 0 atom stereocenters. The molecule has 0 unspecified atom stereocenters. The zero-order chi connectivity index (χ0) is 14.2. The van der Waals surface area contributed by atoms with E-state index in [2.05, 4.69) is 69.3 Å². The summed E-state index contributed by atoms with van der Waals surface area (Å²) in [6.45, 7) is 13.6. The molecule has 0 fully saturated rings. The van der Waals surface area contributed by atoms with Crippen LogP contribution >= 0.6 is 0 Å². The molecule has 2 rings (SSSR count). The summed E-state index contributed by atoms with van der Waals surface area (Å²) in [5.41, 5.74) is 4.32. The van der Waals surface area contributed by atoms with Crippen molar-refractivity contribution in [2.45, 2.75) is 41.0 Å². The second-order valence-electron chi connectivity index (χ2n) is 6.72. The summed E-state index contributed by atoms with van der Waals surface area (Å²) in [4.78, 5) is 2.52. The molecule has 0 spiro atoms. The minimum absolute atomic E-state index is 0.172. The van der Waals surface area contributed by atoms with E-state index in [1.54, 1.807) is 0 Å². The summed E-state index contributed by atoms with van der Waals surface area (Å²) < 4.78 is 2.42. The predicted molar refractivity (Wildman–Crippen MR) is 83.4 cm³/mol. The van der Waals surface area contributed by atoms with Crippen molar-refractivity contribution in [2.75, 3.05) is 25.0 Å². The third kappa shape index (κ3) is 2.68. The van der Waals surface area contributed by atoms with Gasteiger partial charge in [0.15, 0.2) is 0 Å². The Balaban J connectivity index is 2.54. The molecular formula is C17H27N2+. The first-order chi connectivity index (χ1) is 8.82. The lowest BCUT2D eigenvalue weighted by molar-refractivity contribution is -0.505. The van der Waals surface area contributed by atoms with Gasteiger partial charge in [0.25, 0.3) is 5.84 Å². The molecule has 0 N–H and O–H groups in total. The van der Waals surface area contributed by atoms with Gasteiger partial charge in [0.1, 0.15) is 5.69 Å². The topological polar surface area (TPSA) is 6.25 Å². The van der Waals surface area contributed by atoms with Crippen LogP contribution in [0.4, 0.5) is 5.69 Å². The van der Waals surface area contributed by atoms with E-state index in [4.69, 9.17) is 0 Å². The van der Waals surface area contributed by atoms with Gasteiger partial charge in [-0.1, -0.05) is 12.1 Å². The van der Waals surface area contributed by atoms with Crippen LogP contribution in [-0.2, 0) is 0 Å². The van der Waals surface area contributed by atoms with Crippen LogP contribution in [0.3, 0.4) is 0 Å². The van der Waals surface area contributed by atoms with E-state index < -0.39 is 0 Å².